The van der Waals surface area contributed by atoms with Gasteiger partial charge in [0.1, 0.15) is 22.8 Å². The van der Waals surface area contributed by atoms with E-state index in [-0.39, 0.29) is 24.4 Å². The maximum atomic E-state index is 13.0. The van der Waals surface area contributed by atoms with Gasteiger partial charge in [0.25, 0.3) is 0 Å². The molecule has 0 spiro atoms. The molecule has 3 aromatic heterocycles. The highest BCUT2D eigenvalue weighted by atomic mass is 32.1. The van der Waals surface area contributed by atoms with Crippen molar-refractivity contribution in [3.8, 4) is 10.4 Å². The average Bonchev–Trinajstić information content (AvgIpc) is 3.58. The first-order valence-electron chi connectivity index (χ1n) is 12.3. The number of carbonyl (C=O) groups is 1. The number of aliphatic hydroxyl groups is 1. The van der Waals surface area contributed by atoms with Crippen molar-refractivity contribution in [1.82, 2.24) is 29.8 Å². The molecule has 0 unspecified atom stereocenters. The minimum absolute atomic E-state index is 0.0239. The summed E-state index contributed by atoms with van der Waals surface area (Å²) in [4.78, 5) is 29.0. The Morgan fingerprint density at radius 1 is 1.21 bits per heavy atom. The first kappa shape index (κ1) is 26.8. The standard InChI is InChI=1S/C26H26F3N7O2S/c1-16-10-17(12-19(11-16)34-24-31-7-4-21(35-24)26(27,28)29)20-13-32-23(39-20)25(38)5-2-18(3-6-25)33-22(37)14-36-9-8-30-15-36/h4,7-13,15,18,38H,2-3,5-6,14H2,1H3,(H,33,37)(H,31,34,35). The van der Waals surface area contributed by atoms with E-state index in [4.69, 9.17) is 0 Å². The fourth-order valence-electron chi connectivity index (χ4n) is 4.60. The molecule has 0 saturated heterocycles. The SMILES string of the molecule is Cc1cc(Nc2nccc(C(F)(F)F)n2)cc(-c2cnc(C3(O)CCC(NC(=O)Cn4ccnc4)CC3)s2)c1. The van der Waals surface area contributed by atoms with E-state index in [1.54, 1.807) is 41.6 Å². The summed E-state index contributed by atoms with van der Waals surface area (Å²) in [5, 5.41) is 17.8. The fraction of sp³-hybridized carbons (Fsp3) is 0.346. The maximum Gasteiger partial charge on any atom is 0.433 e. The number of aryl methyl sites for hydroxylation is 1. The molecule has 39 heavy (non-hydrogen) atoms. The van der Waals surface area contributed by atoms with Crippen molar-refractivity contribution in [3.63, 3.8) is 0 Å². The number of imidazole rings is 1. The van der Waals surface area contributed by atoms with Crippen LogP contribution in [0.15, 0.2) is 55.4 Å². The summed E-state index contributed by atoms with van der Waals surface area (Å²) in [6.07, 6.45) is 5.29. The topological polar surface area (TPSA) is 118 Å². The lowest BCUT2D eigenvalue weighted by Gasteiger charge is -2.34. The van der Waals surface area contributed by atoms with Crippen molar-refractivity contribution in [2.45, 2.75) is 57.0 Å². The Morgan fingerprint density at radius 2 is 2.00 bits per heavy atom. The molecule has 5 rings (SSSR count). The number of hydrogen-bond donors (Lipinski definition) is 3. The van der Waals surface area contributed by atoms with Crippen LogP contribution in [0.2, 0.25) is 0 Å². The van der Waals surface area contributed by atoms with Gasteiger partial charge in [-0.3, -0.25) is 4.79 Å². The van der Waals surface area contributed by atoms with Gasteiger partial charge in [0.05, 0.1) is 11.2 Å². The third-order valence-electron chi connectivity index (χ3n) is 6.53. The lowest BCUT2D eigenvalue weighted by atomic mass is 9.82. The molecule has 0 aliphatic heterocycles. The van der Waals surface area contributed by atoms with Gasteiger partial charge in [0, 0.05) is 36.5 Å². The predicted octanol–water partition coefficient (Wildman–Crippen LogP) is 4.81. The Labute approximate surface area is 226 Å². The molecule has 1 aliphatic carbocycles. The molecule has 1 amide bonds. The van der Waals surface area contributed by atoms with Gasteiger partial charge in [0.2, 0.25) is 11.9 Å². The second-order valence-electron chi connectivity index (χ2n) is 9.61. The van der Waals surface area contributed by atoms with E-state index in [0.717, 1.165) is 28.3 Å². The molecule has 0 bridgehead atoms. The monoisotopic (exact) mass is 557 g/mol. The number of aromatic nitrogens is 5. The summed E-state index contributed by atoms with van der Waals surface area (Å²) in [6, 6.07) is 6.30. The molecule has 3 N–H and O–H groups in total. The Hall–Kier alpha value is -3.84. The van der Waals surface area contributed by atoms with E-state index < -0.39 is 17.5 Å². The number of halogens is 3. The highest BCUT2D eigenvalue weighted by Crippen LogP contribution is 2.41. The van der Waals surface area contributed by atoms with Crippen LogP contribution < -0.4 is 10.6 Å². The molecule has 1 aliphatic rings. The van der Waals surface area contributed by atoms with Gasteiger partial charge in [-0.25, -0.2) is 19.9 Å². The number of nitrogens with one attached hydrogen (secondary N) is 2. The van der Waals surface area contributed by atoms with Gasteiger partial charge in [-0.2, -0.15) is 13.2 Å². The zero-order chi connectivity index (χ0) is 27.6. The fourth-order valence-corrected chi connectivity index (χ4v) is 5.65. The Kier molecular flexibility index (Phi) is 7.36. The molecule has 0 radical (unpaired) electrons. The van der Waals surface area contributed by atoms with Gasteiger partial charge >= 0.3 is 6.18 Å². The van der Waals surface area contributed by atoms with E-state index >= 15 is 0 Å². The van der Waals surface area contributed by atoms with Crippen LogP contribution >= 0.6 is 11.3 Å². The zero-order valence-corrected chi connectivity index (χ0v) is 21.8. The Morgan fingerprint density at radius 3 is 2.72 bits per heavy atom. The molecule has 1 fully saturated rings. The number of nitrogens with zero attached hydrogens (tertiary/aromatic N) is 5. The molecular formula is C26H26F3N7O2S. The summed E-state index contributed by atoms with van der Waals surface area (Å²) in [7, 11) is 0. The van der Waals surface area contributed by atoms with Crippen LogP contribution in [0.1, 0.15) is 41.9 Å². The van der Waals surface area contributed by atoms with E-state index in [2.05, 4.69) is 30.6 Å². The van der Waals surface area contributed by atoms with Crippen LogP contribution in [0.25, 0.3) is 10.4 Å². The average molecular weight is 558 g/mol. The van der Waals surface area contributed by atoms with Crippen molar-refractivity contribution in [2.24, 2.45) is 0 Å². The first-order valence-corrected chi connectivity index (χ1v) is 13.1. The van der Waals surface area contributed by atoms with Gasteiger partial charge in [-0.05, 0) is 61.9 Å². The number of rotatable bonds is 7. The van der Waals surface area contributed by atoms with E-state index in [1.165, 1.54) is 11.3 Å². The van der Waals surface area contributed by atoms with Crippen LogP contribution in [0.4, 0.5) is 24.8 Å². The molecule has 204 valence electrons. The van der Waals surface area contributed by atoms with Crippen LogP contribution in [0, 0.1) is 6.92 Å². The number of benzene rings is 1. The van der Waals surface area contributed by atoms with Gasteiger partial charge < -0.3 is 20.3 Å². The normalized spacial score (nSPS) is 19.6. The zero-order valence-electron chi connectivity index (χ0n) is 20.9. The van der Waals surface area contributed by atoms with E-state index in [9.17, 15) is 23.1 Å². The molecule has 4 aromatic rings. The lowest BCUT2D eigenvalue weighted by molar-refractivity contribution is -0.141. The summed E-state index contributed by atoms with van der Waals surface area (Å²) < 4.78 is 40.8. The van der Waals surface area contributed by atoms with Crippen molar-refractivity contribution < 1.29 is 23.1 Å². The highest BCUT2D eigenvalue weighted by Gasteiger charge is 2.38. The largest absolute Gasteiger partial charge is 0.433 e. The third-order valence-corrected chi connectivity index (χ3v) is 7.77. The van der Waals surface area contributed by atoms with Crippen LogP contribution in [0.3, 0.4) is 0 Å². The van der Waals surface area contributed by atoms with Crippen molar-refractivity contribution in [3.05, 3.63) is 71.6 Å². The summed E-state index contributed by atoms with van der Waals surface area (Å²) in [6.45, 7) is 2.07. The lowest BCUT2D eigenvalue weighted by Crippen LogP contribution is -2.43. The number of alkyl halides is 3. The number of hydrogen-bond acceptors (Lipinski definition) is 8. The molecule has 0 atom stereocenters. The van der Waals surface area contributed by atoms with Gasteiger partial charge in [-0.15, -0.1) is 11.3 Å². The minimum atomic E-state index is -4.57. The number of anilines is 2. The molecule has 9 nitrogen and oxygen atoms in total. The van der Waals surface area contributed by atoms with Crippen LogP contribution in [-0.4, -0.2) is 41.6 Å². The maximum absolute atomic E-state index is 13.0. The highest BCUT2D eigenvalue weighted by molar-refractivity contribution is 7.15. The Balaban J connectivity index is 1.25. The van der Waals surface area contributed by atoms with Crippen molar-refractivity contribution in [2.75, 3.05) is 5.32 Å². The van der Waals surface area contributed by atoms with E-state index in [0.29, 0.717) is 36.4 Å². The number of carbonyl (C=O) groups excluding carboxylic acids is 1. The minimum Gasteiger partial charge on any atom is -0.383 e. The van der Waals surface area contributed by atoms with Crippen LogP contribution in [0.5, 0.6) is 0 Å². The van der Waals surface area contributed by atoms with Gasteiger partial charge in [0.15, 0.2) is 0 Å². The van der Waals surface area contributed by atoms with Crippen molar-refractivity contribution in [1.29, 1.82) is 0 Å². The Bertz CT molecular complexity index is 1450. The molecular weight excluding hydrogens is 531 g/mol. The smallest absolute Gasteiger partial charge is 0.383 e. The number of amides is 1. The van der Waals surface area contributed by atoms with Crippen LogP contribution in [-0.2, 0) is 23.1 Å². The summed E-state index contributed by atoms with van der Waals surface area (Å²) >= 11 is 1.37. The first-order chi connectivity index (χ1) is 18.6. The van der Waals surface area contributed by atoms with E-state index in [1.807, 2.05) is 13.0 Å². The second kappa shape index (κ2) is 10.7. The summed E-state index contributed by atoms with van der Waals surface area (Å²) in [5.74, 6) is -0.256. The quantitative estimate of drug-likeness (QED) is 0.298. The summed E-state index contributed by atoms with van der Waals surface area (Å²) in [5.41, 5.74) is 0.0936. The number of thiazole rings is 1. The molecule has 1 aromatic carbocycles. The molecule has 13 heteroatoms. The van der Waals surface area contributed by atoms with Crippen molar-refractivity contribution >= 4 is 28.9 Å². The molecule has 3 heterocycles. The third kappa shape index (κ3) is 6.42. The second-order valence-corrected chi connectivity index (χ2v) is 10.6. The van der Waals surface area contributed by atoms with Gasteiger partial charge in [-0.1, -0.05) is 6.07 Å². The molecule has 1 saturated carbocycles. The predicted molar refractivity (Wildman–Crippen MR) is 139 cm³/mol.